The van der Waals surface area contributed by atoms with Gasteiger partial charge in [-0.1, -0.05) is 49.8 Å². The summed E-state index contributed by atoms with van der Waals surface area (Å²) >= 11 is 1.41. The van der Waals surface area contributed by atoms with E-state index in [2.05, 4.69) is 46.3 Å². The van der Waals surface area contributed by atoms with E-state index in [0.29, 0.717) is 28.6 Å². The van der Waals surface area contributed by atoms with Gasteiger partial charge in [-0.3, -0.25) is 0 Å². The zero-order valence-electron chi connectivity index (χ0n) is 15.9. The number of ether oxygens (including phenoxy) is 1. The monoisotopic (exact) mass is 388 g/mol. The number of aryl methyl sites for hydroxylation is 1. The minimum atomic E-state index is -0.0818. The summed E-state index contributed by atoms with van der Waals surface area (Å²) in [5.74, 6) is 9.13. The third kappa shape index (κ3) is 4.60. The molecule has 3 rings (SSSR count). The Hall–Kier alpha value is -2.55. The molecule has 0 aliphatic carbocycles. The highest BCUT2D eigenvalue weighted by molar-refractivity contribution is 7.99. The second kappa shape index (κ2) is 8.43. The van der Waals surface area contributed by atoms with E-state index in [1.165, 1.54) is 22.0 Å². The van der Waals surface area contributed by atoms with Gasteiger partial charge in [0.1, 0.15) is 12.4 Å². The van der Waals surface area contributed by atoms with Crippen LogP contribution in [0.25, 0.3) is 0 Å². The van der Waals surface area contributed by atoms with Crippen molar-refractivity contribution < 1.29 is 9.26 Å². The lowest BCUT2D eigenvalue weighted by atomic mass is 10.0. The van der Waals surface area contributed by atoms with Gasteiger partial charge >= 0.3 is 0 Å². The van der Waals surface area contributed by atoms with Gasteiger partial charge in [0, 0.05) is 6.42 Å². The van der Waals surface area contributed by atoms with Gasteiger partial charge in [-0.25, -0.2) is 4.68 Å². The van der Waals surface area contributed by atoms with Crippen molar-refractivity contribution in [2.45, 2.75) is 57.0 Å². The topological polar surface area (TPSA) is 105 Å². The number of thioether (sulfide) groups is 1. The Kier molecular flexibility index (Phi) is 6.00. The van der Waals surface area contributed by atoms with E-state index in [4.69, 9.17) is 15.1 Å². The predicted octanol–water partition coefficient (Wildman–Crippen LogP) is 3.49. The molecule has 3 aromatic rings. The van der Waals surface area contributed by atoms with E-state index in [1.807, 2.05) is 26.0 Å². The molecule has 0 saturated heterocycles. The average molecular weight is 388 g/mol. The van der Waals surface area contributed by atoms with Gasteiger partial charge in [0.05, 0.1) is 5.25 Å². The number of hydrogen-bond donors (Lipinski definition) is 1. The molecule has 0 amide bonds. The minimum absolute atomic E-state index is 0.0818. The van der Waals surface area contributed by atoms with Crippen molar-refractivity contribution in [3.05, 3.63) is 47.4 Å². The molecule has 27 heavy (non-hydrogen) atoms. The Balaban J connectivity index is 1.61. The Bertz CT molecular complexity index is 874. The van der Waals surface area contributed by atoms with Gasteiger partial charge in [0.25, 0.3) is 0 Å². The fourth-order valence-electron chi connectivity index (χ4n) is 2.37. The van der Waals surface area contributed by atoms with Gasteiger partial charge < -0.3 is 15.1 Å². The van der Waals surface area contributed by atoms with Gasteiger partial charge in [-0.15, -0.1) is 10.2 Å². The van der Waals surface area contributed by atoms with Crippen molar-refractivity contribution in [3.63, 3.8) is 0 Å². The first-order valence-corrected chi connectivity index (χ1v) is 9.77. The standard InChI is InChI=1S/C18H24N6O2S/c1-5-15-20-17(26-23-15)12(4)27-18-22-21-16(24(18)19)10-25-14-8-6-13(7-9-14)11(2)3/h6-9,11-12H,5,10,19H2,1-4H3. The summed E-state index contributed by atoms with van der Waals surface area (Å²) in [6, 6.07) is 8.02. The van der Waals surface area contributed by atoms with Crippen LogP contribution in [0.5, 0.6) is 5.75 Å². The maximum atomic E-state index is 6.11. The number of nitrogen functional groups attached to an aromatic ring is 1. The molecule has 1 atom stereocenters. The highest BCUT2D eigenvalue weighted by Gasteiger charge is 2.20. The normalized spacial score (nSPS) is 12.5. The van der Waals surface area contributed by atoms with Crippen LogP contribution in [0.2, 0.25) is 0 Å². The molecule has 0 bridgehead atoms. The number of aromatic nitrogens is 5. The van der Waals surface area contributed by atoms with Gasteiger partial charge in [-0.2, -0.15) is 4.98 Å². The van der Waals surface area contributed by atoms with Crippen molar-refractivity contribution >= 4 is 11.8 Å². The van der Waals surface area contributed by atoms with E-state index in [1.54, 1.807) is 0 Å². The fourth-order valence-corrected chi connectivity index (χ4v) is 3.19. The van der Waals surface area contributed by atoms with Crippen molar-refractivity contribution in [2.24, 2.45) is 0 Å². The lowest BCUT2D eigenvalue weighted by Gasteiger charge is -2.09. The van der Waals surface area contributed by atoms with Crippen LogP contribution in [0.4, 0.5) is 0 Å². The van der Waals surface area contributed by atoms with E-state index in [9.17, 15) is 0 Å². The van der Waals surface area contributed by atoms with E-state index < -0.39 is 0 Å². The first kappa shape index (κ1) is 19.2. The highest BCUT2D eigenvalue weighted by Crippen LogP contribution is 2.32. The molecule has 0 aliphatic rings. The van der Waals surface area contributed by atoms with Crippen LogP contribution in [0, 0.1) is 0 Å². The van der Waals surface area contributed by atoms with Crippen LogP contribution >= 0.6 is 11.8 Å². The number of hydrogen-bond acceptors (Lipinski definition) is 8. The van der Waals surface area contributed by atoms with Crippen LogP contribution in [-0.4, -0.2) is 25.0 Å². The molecular weight excluding hydrogens is 364 g/mol. The van der Waals surface area contributed by atoms with Gasteiger partial charge in [0.15, 0.2) is 11.6 Å². The second-order valence-electron chi connectivity index (χ2n) is 6.44. The fraction of sp³-hybridized carbons (Fsp3) is 0.444. The zero-order valence-corrected chi connectivity index (χ0v) is 16.7. The second-order valence-corrected chi connectivity index (χ2v) is 7.75. The first-order valence-electron chi connectivity index (χ1n) is 8.89. The lowest BCUT2D eigenvalue weighted by Crippen LogP contribution is -2.16. The SMILES string of the molecule is CCc1noc(C(C)Sc2nnc(COc3ccc(C(C)C)cc3)n2N)n1. The number of rotatable bonds is 8. The maximum Gasteiger partial charge on any atom is 0.239 e. The number of nitrogens with zero attached hydrogens (tertiary/aromatic N) is 5. The average Bonchev–Trinajstić information content (AvgIpc) is 3.28. The molecule has 2 N–H and O–H groups in total. The summed E-state index contributed by atoms with van der Waals surface area (Å²) in [5.41, 5.74) is 1.27. The van der Waals surface area contributed by atoms with Crippen LogP contribution in [0.3, 0.4) is 0 Å². The number of benzene rings is 1. The van der Waals surface area contributed by atoms with Crippen LogP contribution < -0.4 is 10.6 Å². The predicted molar refractivity (Wildman–Crippen MR) is 103 cm³/mol. The van der Waals surface area contributed by atoms with Crippen molar-refractivity contribution in [1.82, 2.24) is 25.0 Å². The lowest BCUT2D eigenvalue weighted by molar-refractivity contribution is 0.291. The maximum absolute atomic E-state index is 6.11. The van der Waals surface area contributed by atoms with Crippen LogP contribution in [0.1, 0.15) is 62.0 Å². The third-order valence-electron chi connectivity index (χ3n) is 4.08. The molecule has 0 saturated carbocycles. The minimum Gasteiger partial charge on any atom is -0.486 e. The molecule has 1 aromatic carbocycles. The van der Waals surface area contributed by atoms with Crippen LogP contribution in [-0.2, 0) is 13.0 Å². The van der Waals surface area contributed by atoms with Crippen molar-refractivity contribution in [2.75, 3.05) is 5.84 Å². The molecule has 2 aromatic heterocycles. The number of nitrogens with two attached hydrogens (primary N) is 1. The summed E-state index contributed by atoms with van der Waals surface area (Å²) in [4.78, 5) is 4.34. The Labute approximate surface area is 162 Å². The van der Waals surface area contributed by atoms with Crippen molar-refractivity contribution in [3.8, 4) is 5.75 Å². The third-order valence-corrected chi connectivity index (χ3v) is 5.12. The summed E-state index contributed by atoms with van der Waals surface area (Å²) in [6.07, 6.45) is 0.730. The molecule has 0 radical (unpaired) electrons. The first-order chi connectivity index (χ1) is 13.0. The van der Waals surface area contributed by atoms with Gasteiger partial charge in [0.2, 0.25) is 11.0 Å². The molecule has 1 unspecified atom stereocenters. The molecular formula is C18H24N6O2S. The molecule has 2 heterocycles. The molecule has 9 heteroatoms. The largest absolute Gasteiger partial charge is 0.486 e. The summed E-state index contributed by atoms with van der Waals surface area (Å²) in [5, 5.41) is 12.7. The molecule has 0 aliphatic heterocycles. The smallest absolute Gasteiger partial charge is 0.239 e. The molecule has 0 fully saturated rings. The molecule has 8 nitrogen and oxygen atoms in total. The summed E-state index contributed by atoms with van der Waals surface area (Å²) < 4.78 is 12.5. The Morgan fingerprint density at radius 3 is 2.56 bits per heavy atom. The Morgan fingerprint density at radius 2 is 1.93 bits per heavy atom. The molecule has 144 valence electrons. The van der Waals surface area contributed by atoms with E-state index in [-0.39, 0.29) is 11.9 Å². The van der Waals surface area contributed by atoms with E-state index in [0.717, 1.165) is 12.2 Å². The Morgan fingerprint density at radius 1 is 1.19 bits per heavy atom. The van der Waals surface area contributed by atoms with E-state index >= 15 is 0 Å². The zero-order chi connectivity index (χ0) is 19.4. The highest BCUT2D eigenvalue weighted by atomic mass is 32.2. The van der Waals surface area contributed by atoms with Crippen molar-refractivity contribution in [1.29, 1.82) is 0 Å². The summed E-state index contributed by atoms with van der Waals surface area (Å²) in [6.45, 7) is 8.49. The summed E-state index contributed by atoms with van der Waals surface area (Å²) in [7, 11) is 0. The van der Waals surface area contributed by atoms with Crippen LogP contribution in [0.15, 0.2) is 33.9 Å². The molecule has 0 spiro atoms. The quantitative estimate of drug-likeness (QED) is 0.462. The van der Waals surface area contributed by atoms with Gasteiger partial charge in [-0.05, 0) is 30.5 Å².